The van der Waals surface area contributed by atoms with Crippen molar-refractivity contribution < 1.29 is 19.1 Å². The molecule has 1 heterocycles. The Labute approximate surface area is 131 Å². The Bertz CT molecular complexity index is 578. The molecule has 21 heavy (non-hydrogen) atoms. The molecule has 1 aliphatic heterocycles. The van der Waals surface area contributed by atoms with Crippen molar-refractivity contribution in [2.75, 3.05) is 12.4 Å². The highest BCUT2D eigenvalue weighted by molar-refractivity contribution is 8.01. The summed E-state index contributed by atoms with van der Waals surface area (Å²) < 4.78 is 4.83. The third-order valence-electron chi connectivity index (χ3n) is 3.02. The average molecular weight is 328 g/mol. The van der Waals surface area contributed by atoms with Crippen molar-refractivity contribution in [3.63, 3.8) is 0 Å². The van der Waals surface area contributed by atoms with Crippen LogP contribution < -0.4 is 5.32 Å². The van der Waals surface area contributed by atoms with Crippen molar-refractivity contribution >= 4 is 41.1 Å². The van der Waals surface area contributed by atoms with Gasteiger partial charge in [0.25, 0.3) is 0 Å². The smallest absolute Gasteiger partial charge is 0.315 e. The van der Waals surface area contributed by atoms with Crippen LogP contribution in [-0.2, 0) is 19.1 Å². The van der Waals surface area contributed by atoms with Gasteiger partial charge in [0, 0.05) is 5.02 Å². The summed E-state index contributed by atoms with van der Waals surface area (Å²) in [6.45, 7) is 1.99. The van der Waals surface area contributed by atoms with E-state index in [1.54, 1.807) is 31.2 Å². The molecule has 2 amide bonds. The molecule has 2 unspecified atom stereocenters. The summed E-state index contributed by atoms with van der Waals surface area (Å²) in [5.74, 6) is -1.88. The van der Waals surface area contributed by atoms with Crippen LogP contribution in [0.5, 0.6) is 0 Å². The number of hydrogen-bond acceptors (Lipinski definition) is 5. The summed E-state index contributed by atoms with van der Waals surface area (Å²) in [4.78, 5) is 35.3. The van der Waals surface area contributed by atoms with E-state index in [2.05, 4.69) is 5.32 Å². The second-order valence-electron chi connectivity index (χ2n) is 4.39. The standard InChI is InChI=1S/C14H14ClNO4S/c1-2-20-10(17)7-21-12-11(13(18)16-14(12)19)8-5-3-4-6-9(8)15/h3-6,11-12H,2,7H2,1H3,(H,16,18,19). The van der Waals surface area contributed by atoms with E-state index >= 15 is 0 Å². The lowest BCUT2D eigenvalue weighted by molar-refractivity contribution is -0.139. The van der Waals surface area contributed by atoms with Crippen LogP contribution in [0.4, 0.5) is 0 Å². The molecule has 1 N–H and O–H groups in total. The highest BCUT2D eigenvalue weighted by Gasteiger charge is 2.43. The van der Waals surface area contributed by atoms with Gasteiger partial charge in [0.15, 0.2) is 0 Å². The fourth-order valence-corrected chi connectivity index (χ4v) is 3.45. The van der Waals surface area contributed by atoms with Gasteiger partial charge in [0.2, 0.25) is 11.8 Å². The second kappa shape index (κ2) is 6.95. The number of amides is 2. The van der Waals surface area contributed by atoms with Gasteiger partial charge in [-0.3, -0.25) is 19.7 Å². The summed E-state index contributed by atoms with van der Waals surface area (Å²) >= 11 is 7.19. The summed E-state index contributed by atoms with van der Waals surface area (Å²) in [5.41, 5.74) is 0.587. The minimum absolute atomic E-state index is 0.0140. The molecular formula is C14H14ClNO4S. The van der Waals surface area contributed by atoms with Crippen LogP contribution in [-0.4, -0.2) is 35.4 Å². The number of halogens is 1. The molecule has 0 bridgehead atoms. The lowest BCUT2D eigenvalue weighted by Gasteiger charge is -2.16. The Kier molecular flexibility index (Phi) is 5.25. The van der Waals surface area contributed by atoms with E-state index in [4.69, 9.17) is 16.3 Å². The zero-order valence-electron chi connectivity index (χ0n) is 11.3. The lowest BCUT2D eigenvalue weighted by atomic mass is 9.97. The Hall–Kier alpha value is -1.53. The molecule has 7 heteroatoms. The molecule has 1 aliphatic rings. The van der Waals surface area contributed by atoms with Gasteiger partial charge in [-0.2, -0.15) is 0 Å². The normalized spacial score (nSPS) is 21.2. The van der Waals surface area contributed by atoms with Gasteiger partial charge in [-0.05, 0) is 18.6 Å². The van der Waals surface area contributed by atoms with Crippen LogP contribution in [0.3, 0.4) is 0 Å². The molecule has 0 spiro atoms. The number of hydrogen-bond donors (Lipinski definition) is 1. The topological polar surface area (TPSA) is 72.5 Å². The van der Waals surface area contributed by atoms with E-state index in [1.165, 1.54) is 0 Å². The van der Waals surface area contributed by atoms with Gasteiger partial charge in [0.1, 0.15) is 5.25 Å². The summed E-state index contributed by atoms with van der Waals surface area (Å²) in [6, 6.07) is 6.88. The van der Waals surface area contributed by atoms with Crippen molar-refractivity contribution in [2.24, 2.45) is 0 Å². The Morgan fingerprint density at radius 2 is 2.05 bits per heavy atom. The van der Waals surface area contributed by atoms with Gasteiger partial charge in [-0.25, -0.2) is 0 Å². The second-order valence-corrected chi connectivity index (χ2v) is 5.93. The van der Waals surface area contributed by atoms with Gasteiger partial charge >= 0.3 is 5.97 Å². The highest BCUT2D eigenvalue weighted by Crippen LogP contribution is 2.36. The molecule has 1 fully saturated rings. The predicted octanol–water partition coefficient (Wildman–Crippen LogP) is 1.74. The molecule has 0 aromatic heterocycles. The van der Waals surface area contributed by atoms with E-state index in [0.717, 1.165) is 11.8 Å². The molecule has 0 aliphatic carbocycles. The van der Waals surface area contributed by atoms with Crippen molar-refractivity contribution in [1.29, 1.82) is 0 Å². The Morgan fingerprint density at radius 1 is 1.33 bits per heavy atom. The van der Waals surface area contributed by atoms with E-state index in [-0.39, 0.29) is 12.4 Å². The quantitative estimate of drug-likeness (QED) is 0.659. The number of esters is 1. The molecule has 2 rings (SSSR count). The van der Waals surface area contributed by atoms with Gasteiger partial charge in [-0.1, -0.05) is 29.8 Å². The molecular weight excluding hydrogens is 314 g/mol. The predicted molar refractivity (Wildman–Crippen MR) is 80.2 cm³/mol. The zero-order chi connectivity index (χ0) is 15.4. The van der Waals surface area contributed by atoms with Crippen LogP contribution in [0.25, 0.3) is 0 Å². The highest BCUT2D eigenvalue weighted by atomic mass is 35.5. The number of imide groups is 1. The monoisotopic (exact) mass is 327 g/mol. The van der Waals surface area contributed by atoms with Crippen molar-refractivity contribution in [1.82, 2.24) is 5.32 Å². The first kappa shape index (κ1) is 15.9. The van der Waals surface area contributed by atoms with E-state index < -0.39 is 29.0 Å². The number of ether oxygens (including phenoxy) is 1. The third kappa shape index (κ3) is 3.57. The zero-order valence-corrected chi connectivity index (χ0v) is 12.9. The molecule has 5 nitrogen and oxygen atoms in total. The SMILES string of the molecule is CCOC(=O)CSC1C(=O)NC(=O)C1c1ccccc1Cl. The van der Waals surface area contributed by atoms with Gasteiger partial charge < -0.3 is 4.74 Å². The Balaban J connectivity index is 2.17. The Morgan fingerprint density at radius 3 is 2.71 bits per heavy atom. The molecule has 0 saturated carbocycles. The molecule has 2 atom stereocenters. The minimum Gasteiger partial charge on any atom is -0.465 e. The largest absolute Gasteiger partial charge is 0.465 e. The maximum atomic E-state index is 12.0. The molecule has 1 aromatic rings. The van der Waals surface area contributed by atoms with Crippen molar-refractivity contribution in [3.05, 3.63) is 34.9 Å². The van der Waals surface area contributed by atoms with Crippen LogP contribution in [0.2, 0.25) is 5.02 Å². The third-order valence-corrected chi connectivity index (χ3v) is 4.61. The maximum absolute atomic E-state index is 12.0. The number of carbonyl (C=O) groups is 3. The van der Waals surface area contributed by atoms with Crippen molar-refractivity contribution in [3.8, 4) is 0 Å². The first-order valence-corrected chi connectivity index (χ1v) is 7.83. The molecule has 1 saturated heterocycles. The van der Waals surface area contributed by atoms with Gasteiger partial charge in [0.05, 0.1) is 18.3 Å². The first-order chi connectivity index (χ1) is 10.0. The number of nitrogens with one attached hydrogen (secondary N) is 1. The van der Waals surface area contributed by atoms with E-state index in [1.807, 2.05) is 0 Å². The number of carbonyl (C=O) groups excluding carboxylic acids is 3. The molecule has 112 valence electrons. The fraction of sp³-hybridized carbons (Fsp3) is 0.357. The van der Waals surface area contributed by atoms with Crippen LogP contribution in [0.15, 0.2) is 24.3 Å². The summed E-state index contributed by atoms with van der Waals surface area (Å²) in [6.07, 6.45) is 0. The maximum Gasteiger partial charge on any atom is 0.315 e. The van der Waals surface area contributed by atoms with Crippen LogP contribution in [0.1, 0.15) is 18.4 Å². The fourth-order valence-electron chi connectivity index (χ4n) is 2.12. The van der Waals surface area contributed by atoms with E-state index in [9.17, 15) is 14.4 Å². The van der Waals surface area contributed by atoms with Crippen LogP contribution in [0, 0.1) is 0 Å². The minimum atomic E-state index is -0.689. The first-order valence-electron chi connectivity index (χ1n) is 6.41. The molecule has 0 radical (unpaired) electrons. The van der Waals surface area contributed by atoms with E-state index in [0.29, 0.717) is 10.6 Å². The number of benzene rings is 1. The average Bonchev–Trinajstić information content (AvgIpc) is 2.72. The molecule has 1 aromatic carbocycles. The van der Waals surface area contributed by atoms with Gasteiger partial charge in [-0.15, -0.1) is 11.8 Å². The summed E-state index contributed by atoms with van der Waals surface area (Å²) in [7, 11) is 0. The summed E-state index contributed by atoms with van der Waals surface area (Å²) in [5, 5.41) is 2.04. The van der Waals surface area contributed by atoms with Crippen LogP contribution >= 0.6 is 23.4 Å². The number of rotatable bonds is 5. The number of thioether (sulfide) groups is 1. The lowest BCUT2D eigenvalue weighted by Crippen LogP contribution is -2.24. The van der Waals surface area contributed by atoms with Crippen molar-refractivity contribution in [2.45, 2.75) is 18.1 Å².